The van der Waals surface area contributed by atoms with E-state index in [0.717, 1.165) is 29.7 Å². The molecule has 0 aromatic heterocycles. The highest BCUT2D eigenvalue weighted by Crippen LogP contribution is 2.33. The summed E-state index contributed by atoms with van der Waals surface area (Å²) in [5.74, 6) is 0.239. The summed E-state index contributed by atoms with van der Waals surface area (Å²) in [6, 6.07) is 20.3. The van der Waals surface area contributed by atoms with E-state index in [-0.39, 0.29) is 23.5 Å². The van der Waals surface area contributed by atoms with Crippen LogP contribution < -0.4 is 14.4 Å². The van der Waals surface area contributed by atoms with Gasteiger partial charge in [0.25, 0.3) is 15.9 Å². The molecule has 0 fully saturated rings. The molecule has 1 aliphatic heterocycles. The van der Waals surface area contributed by atoms with Crippen molar-refractivity contribution in [2.75, 3.05) is 23.7 Å². The Morgan fingerprint density at radius 2 is 1.86 bits per heavy atom. The van der Waals surface area contributed by atoms with Gasteiger partial charge in [0.1, 0.15) is 5.75 Å². The topological polar surface area (TPSA) is 75.7 Å². The van der Waals surface area contributed by atoms with Crippen molar-refractivity contribution in [1.82, 2.24) is 5.32 Å². The van der Waals surface area contributed by atoms with Crippen molar-refractivity contribution in [2.45, 2.75) is 42.5 Å². The fourth-order valence-corrected chi connectivity index (χ4v) is 6.26. The van der Waals surface area contributed by atoms with Gasteiger partial charge in [0.15, 0.2) is 6.61 Å². The number of thioether (sulfide) groups is 1. The first-order valence-electron chi connectivity index (χ1n) is 11.6. The van der Waals surface area contributed by atoms with Crippen LogP contribution >= 0.6 is 11.8 Å². The molecular weight excluding hydrogens is 480 g/mol. The molecule has 0 saturated carbocycles. The van der Waals surface area contributed by atoms with Crippen molar-refractivity contribution in [3.8, 4) is 5.75 Å². The summed E-state index contributed by atoms with van der Waals surface area (Å²) in [4.78, 5) is 13.8. The number of carbonyl (C=O) groups excluding carboxylic acids is 1. The zero-order valence-electron chi connectivity index (χ0n) is 20.2. The molecule has 4 rings (SSSR count). The van der Waals surface area contributed by atoms with Crippen LogP contribution in [0.4, 0.5) is 5.69 Å². The number of carbonyl (C=O) groups is 1. The monoisotopic (exact) mass is 510 g/mol. The zero-order chi connectivity index (χ0) is 25.0. The molecule has 184 valence electrons. The number of hydrogen-bond donors (Lipinski definition) is 1. The maximum absolute atomic E-state index is 13.4. The largest absolute Gasteiger partial charge is 0.484 e. The molecule has 1 N–H and O–H groups in total. The van der Waals surface area contributed by atoms with Gasteiger partial charge in [-0.3, -0.25) is 9.10 Å². The third kappa shape index (κ3) is 5.65. The molecule has 0 bridgehead atoms. The molecule has 8 heteroatoms. The lowest BCUT2D eigenvalue weighted by Crippen LogP contribution is -2.35. The third-order valence-corrected chi connectivity index (χ3v) is 8.71. The Labute approximate surface area is 211 Å². The first-order valence-corrected chi connectivity index (χ1v) is 14.2. The lowest BCUT2D eigenvalue weighted by molar-refractivity contribution is -0.123. The summed E-state index contributed by atoms with van der Waals surface area (Å²) in [6.07, 6.45) is 3.68. The van der Waals surface area contributed by atoms with E-state index in [1.54, 1.807) is 36.9 Å². The van der Waals surface area contributed by atoms with Gasteiger partial charge in [-0.05, 0) is 86.0 Å². The zero-order valence-corrected chi connectivity index (χ0v) is 21.8. The first kappa shape index (κ1) is 25.1. The molecule has 1 atom stereocenters. The molecule has 35 heavy (non-hydrogen) atoms. The molecule has 3 aromatic rings. The van der Waals surface area contributed by atoms with Crippen molar-refractivity contribution in [3.63, 3.8) is 0 Å². The number of nitrogens with one attached hydrogen (secondary N) is 1. The maximum atomic E-state index is 13.4. The molecular formula is C27H30N2O4S2. The van der Waals surface area contributed by atoms with Gasteiger partial charge in [-0.15, -0.1) is 11.8 Å². The van der Waals surface area contributed by atoms with Crippen LogP contribution in [0.1, 0.15) is 36.1 Å². The Balaban J connectivity index is 1.41. The number of amides is 1. The highest BCUT2D eigenvalue weighted by molar-refractivity contribution is 7.98. The van der Waals surface area contributed by atoms with Gasteiger partial charge in [-0.2, -0.15) is 0 Å². The molecule has 0 aliphatic carbocycles. The fraction of sp³-hybridized carbons (Fsp3) is 0.296. The molecule has 1 aliphatic rings. The number of benzene rings is 3. The Hall–Kier alpha value is -2.97. The van der Waals surface area contributed by atoms with E-state index in [1.807, 2.05) is 61.7 Å². The number of sulfonamides is 1. The minimum atomic E-state index is -3.70. The number of rotatable bonds is 8. The van der Waals surface area contributed by atoms with Gasteiger partial charge in [-0.1, -0.05) is 30.3 Å². The summed E-state index contributed by atoms with van der Waals surface area (Å²) in [7, 11) is -3.70. The summed E-state index contributed by atoms with van der Waals surface area (Å²) in [6.45, 7) is 4.01. The first-order chi connectivity index (χ1) is 16.8. The molecule has 1 amide bonds. The minimum absolute atomic E-state index is 0.150. The van der Waals surface area contributed by atoms with Crippen LogP contribution in [0.15, 0.2) is 76.5 Å². The van der Waals surface area contributed by atoms with Gasteiger partial charge < -0.3 is 10.1 Å². The second-order valence-corrected chi connectivity index (χ2v) is 11.3. The SMILES string of the molecule is CSc1ccc([C@@H](C)NC(=O)COc2ccc(S(=O)(=O)N3CCCc4ccccc43)cc2C)cc1. The molecule has 3 aromatic carbocycles. The highest BCUT2D eigenvalue weighted by atomic mass is 32.2. The predicted molar refractivity (Wildman–Crippen MR) is 141 cm³/mol. The molecule has 1 heterocycles. The number of nitrogens with zero attached hydrogens (tertiary/aromatic N) is 1. The van der Waals surface area contributed by atoms with E-state index in [1.165, 1.54) is 9.20 Å². The Kier molecular flexibility index (Phi) is 7.72. The highest BCUT2D eigenvalue weighted by Gasteiger charge is 2.29. The van der Waals surface area contributed by atoms with Crippen molar-refractivity contribution in [2.24, 2.45) is 0 Å². The molecule has 0 radical (unpaired) electrons. The number of para-hydroxylation sites is 1. The van der Waals surface area contributed by atoms with E-state index in [0.29, 0.717) is 17.9 Å². The van der Waals surface area contributed by atoms with Crippen LogP contribution in [0, 0.1) is 6.92 Å². The second-order valence-electron chi connectivity index (χ2n) is 8.59. The minimum Gasteiger partial charge on any atom is -0.484 e. The average molecular weight is 511 g/mol. The third-order valence-electron chi connectivity index (χ3n) is 6.15. The van der Waals surface area contributed by atoms with Crippen molar-refractivity contribution in [3.05, 3.63) is 83.4 Å². The number of ether oxygens (including phenoxy) is 1. The van der Waals surface area contributed by atoms with Crippen molar-refractivity contribution < 1.29 is 17.9 Å². The van der Waals surface area contributed by atoms with Crippen LogP contribution in [0.5, 0.6) is 5.75 Å². The van der Waals surface area contributed by atoms with Crippen LogP contribution in [0.2, 0.25) is 0 Å². The van der Waals surface area contributed by atoms with Crippen LogP contribution in [-0.4, -0.2) is 33.7 Å². The van der Waals surface area contributed by atoms with Gasteiger partial charge >= 0.3 is 0 Å². The fourth-order valence-electron chi connectivity index (χ4n) is 4.22. The second kappa shape index (κ2) is 10.7. The molecule has 6 nitrogen and oxygen atoms in total. The lowest BCUT2D eigenvalue weighted by atomic mass is 10.0. The molecule has 0 saturated heterocycles. The van der Waals surface area contributed by atoms with Gasteiger partial charge in [0.2, 0.25) is 0 Å². The van der Waals surface area contributed by atoms with E-state index < -0.39 is 10.0 Å². The van der Waals surface area contributed by atoms with Crippen molar-refractivity contribution >= 4 is 33.4 Å². The number of fused-ring (bicyclic) bond motifs is 1. The van der Waals surface area contributed by atoms with Crippen LogP contribution in [0.25, 0.3) is 0 Å². The Morgan fingerprint density at radius 3 is 2.57 bits per heavy atom. The van der Waals surface area contributed by atoms with Crippen LogP contribution in [0.3, 0.4) is 0 Å². The van der Waals surface area contributed by atoms with Gasteiger partial charge in [0.05, 0.1) is 16.6 Å². The number of aryl methyl sites for hydroxylation is 2. The Morgan fingerprint density at radius 1 is 1.11 bits per heavy atom. The summed E-state index contributed by atoms with van der Waals surface area (Å²) < 4.78 is 34.0. The summed E-state index contributed by atoms with van der Waals surface area (Å²) in [5.41, 5.74) is 3.45. The van der Waals surface area contributed by atoms with Crippen molar-refractivity contribution in [1.29, 1.82) is 0 Å². The number of anilines is 1. The standard InChI is InChI=1S/C27H30N2O4S2/c1-19-17-24(35(31,32)29-16-6-8-22-7-4-5-9-25(22)29)14-15-26(19)33-18-27(30)28-20(2)21-10-12-23(34-3)13-11-21/h4-5,7,9-15,17,20H,6,8,16,18H2,1-3H3,(H,28,30)/t20-/m1/s1. The maximum Gasteiger partial charge on any atom is 0.264 e. The summed E-state index contributed by atoms with van der Waals surface area (Å²) >= 11 is 1.67. The van der Waals surface area contributed by atoms with E-state index in [9.17, 15) is 13.2 Å². The molecule has 0 spiro atoms. The molecule has 0 unspecified atom stereocenters. The average Bonchev–Trinajstić information content (AvgIpc) is 2.87. The lowest BCUT2D eigenvalue weighted by Gasteiger charge is -2.30. The van der Waals surface area contributed by atoms with Gasteiger partial charge in [0, 0.05) is 11.4 Å². The van der Waals surface area contributed by atoms with Gasteiger partial charge in [-0.25, -0.2) is 8.42 Å². The normalized spacial score (nSPS) is 14.2. The summed E-state index contributed by atoms with van der Waals surface area (Å²) in [5, 5.41) is 2.94. The van der Waals surface area contributed by atoms with E-state index >= 15 is 0 Å². The number of hydrogen-bond acceptors (Lipinski definition) is 5. The predicted octanol–water partition coefficient (Wildman–Crippen LogP) is 5.11. The smallest absolute Gasteiger partial charge is 0.264 e. The van der Waals surface area contributed by atoms with E-state index in [4.69, 9.17) is 4.74 Å². The quantitative estimate of drug-likeness (QED) is 0.426. The van der Waals surface area contributed by atoms with Crippen LogP contribution in [-0.2, 0) is 21.2 Å². The Bertz CT molecular complexity index is 1310. The van der Waals surface area contributed by atoms with E-state index in [2.05, 4.69) is 5.32 Å².